The van der Waals surface area contributed by atoms with E-state index < -0.39 is 35.7 Å². The summed E-state index contributed by atoms with van der Waals surface area (Å²) in [6.07, 6.45) is 3.84. The van der Waals surface area contributed by atoms with Crippen LogP contribution in [0.25, 0.3) is 6.08 Å². The fourth-order valence-electron chi connectivity index (χ4n) is 5.80. The minimum atomic E-state index is -0.962. The highest BCUT2D eigenvalue weighted by molar-refractivity contribution is 6.36. The smallest absolute Gasteiger partial charge is 0.248 e. The monoisotopic (exact) mass is 529 g/mol. The SMILES string of the molecule is COc1ccc(OC)c(NC(=O)[C@@H]2[C@@H]3C(=O)N(c4ccccc4Cl)C(=O)[C@H]3[C@@H]3C=Cc4ccccc4N23)c1. The van der Waals surface area contributed by atoms with Crippen LogP contribution in [0.5, 0.6) is 11.5 Å². The third kappa shape index (κ3) is 3.55. The fourth-order valence-corrected chi connectivity index (χ4v) is 6.02. The molecule has 6 rings (SSSR count). The molecule has 0 spiro atoms. The highest BCUT2D eigenvalue weighted by atomic mass is 35.5. The van der Waals surface area contributed by atoms with E-state index in [0.717, 1.165) is 16.2 Å². The molecule has 0 aliphatic carbocycles. The summed E-state index contributed by atoms with van der Waals surface area (Å²) < 4.78 is 10.8. The number of benzene rings is 3. The number of ether oxygens (including phenoxy) is 2. The van der Waals surface area contributed by atoms with Gasteiger partial charge in [0.25, 0.3) is 0 Å². The minimum Gasteiger partial charge on any atom is -0.497 e. The van der Waals surface area contributed by atoms with Crippen molar-refractivity contribution < 1.29 is 23.9 Å². The average molecular weight is 530 g/mol. The van der Waals surface area contributed by atoms with Gasteiger partial charge >= 0.3 is 0 Å². The summed E-state index contributed by atoms with van der Waals surface area (Å²) in [5.41, 5.74) is 2.41. The standard InChI is InChI=1S/C29H24ClN3O5/c1-37-17-12-14-23(38-2)19(15-17)31-27(34)26-25-24(22-13-11-16-7-3-5-9-20(16)32(22)26)28(35)33(29(25)36)21-10-6-4-8-18(21)30/h3-15,22,24-26H,1-2H3,(H,31,34)/t22-,24-,25+,26-/m0/s1. The molecule has 4 atom stereocenters. The van der Waals surface area contributed by atoms with Gasteiger partial charge in [-0.3, -0.25) is 14.4 Å². The predicted molar refractivity (Wildman–Crippen MR) is 145 cm³/mol. The van der Waals surface area contributed by atoms with Crippen molar-refractivity contribution in [1.82, 2.24) is 0 Å². The Morgan fingerprint density at radius 1 is 0.895 bits per heavy atom. The molecule has 192 valence electrons. The molecule has 3 aliphatic rings. The van der Waals surface area contributed by atoms with Gasteiger partial charge in [-0.05, 0) is 35.9 Å². The highest BCUT2D eigenvalue weighted by Gasteiger charge is 2.64. The number of imide groups is 1. The molecule has 3 aromatic carbocycles. The molecule has 2 fully saturated rings. The van der Waals surface area contributed by atoms with Crippen LogP contribution in [0, 0.1) is 11.8 Å². The number of carbonyl (C=O) groups is 3. The molecule has 8 nitrogen and oxygen atoms in total. The summed E-state index contributed by atoms with van der Waals surface area (Å²) in [6, 6.07) is 18.0. The van der Waals surface area contributed by atoms with E-state index in [1.54, 1.807) is 42.5 Å². The maximum Gasteiger partial charge on any atom is 0.248 e. The maximum absolute atomic E-state index is 14.1. The lowest BCUT2D eigenvalue weighted by atomic mass is 9.88. The van der Waals surface area contributed by atoms with Crippen LogP contribution < -0.4 is 24.6 Å². The number of carbonyl (C=O) groups excluding carboxylic acids is 3. The molecule has 3 heterocycles. The van der Waals surface area contributed by atoms with Crippen LogP contribution in [0.2, 0.25) is 5.02 Å². The van der Waals surface area contributed by atoms with Crippen LogP contribution in [-0.4, -0.2) is 44.0 Å². The Hall–Kier alpha value is -4.30. The molecule has 0 bridgehead atoms. The van der Waals surface area contributed by atoms with Crippen LogP contribution in [0.1, 0.15) is 5.56 Å². The Kier molecular flexibility index (Phi) is 5.84. The molecule has 3 amide bonds. The second-order valence-corrected chi connectivity index (χ2v) is 9.74. The van der Waals surface area contributed by atoms with Gasteiger partial charge in [0.05, 0.1) is 48.5 Å². The van der Waals surface area contributed by atoms with Crippen molar-refractivity contribution >= 4 is 52.5 Å². The zero-order valence-electron chi connectivity index (χ0n) is 20.6. The van der Waals surface area contributed by atoms with Crippen LogP contribution in [0.3, 0.4) is 0 Å². The zero-order chi connectivity index (χ0) is 26.6. The number of fused-ring (bicyclic) bond motifs is 5. The first kappa shape index (κ1) is 24.1. The Bertz CT molecular complexity index is 1510. The van der Waals surface area contributed by atoms with Gasteiger partial charge in [-0.25, -0.2) is 4.90 Å². The highest BCUT2D eigenvalue weighted by Crippen LogP contribution is 2.50. The van der Waals surface area contributed by atoms with Gasteiger partial charge in [-0.2, -0.15) is 0 Å². The number of nitrogens with zero attached hydrogens (tertiary/aromatic N) is 2. The number of rotatable bonds is 5. The van der Waals surface area contributed by atoms with Crippen molar-refractivity contribution in [2.24, 2.45) is 11.8 Å². The lowest BCUT2D eigenvalue weighted by molar-refractivity contribution is -0.126. The third-order valence-corrected chi connectivity index (χ3v) is 7.76. The van der Waals surface area contributed by atoms with Gasteiger partial charge in [0.2, 0.25) is 17.7 Å². The van der Waals surface area contributed by atoms with E-state index in [1.807, 2.05) is 41.3 Å². The van der Waals surface area contributed by atoms with Crippen LogP contribution in [-0.2, 0) is 14.4 Å². The molecule has 2 saturated heterocycles. The van der Waals surface area contributed by atoms with Crippen LogP contribution in [0.15, 0.2) is 72.8 Å². The summed E-state index contributed by atoms with van der Waals surface area (Å²) in [6.45, 7) is 0. The van der Waals surface area contributed by atoms with E-state index in [1.165, 1.54) is 14.2 Å². The normalized spacial score (nSPS) is 23.1. The summed E-state index contributed by atoms with van der Waals surface area (Å²) >= 11 is 6.39. The first-order chi connectivity index (χ1) is 18.4. The summed E-state index contributed by atoms with van der Waals surface area (Å²) in [4.78, 5) is 44.9. The number of para-hydroxylation sites is 2. The van der Waals surface area contributed by atoms with E-state index in [4.69, 9.17) is 21.1 Å². The van der Waals surface area contributed by atoms with Crippen molar-refractivity contribution in [1.29, 1.82) is 0 Å². The summed E-state index contributed by atoms with van der Waals surface area (Å²) in [7, 11) is 3.04. The fraction of sp³-hybridized carbons (Fsp3) is 0.207. The van der Waals surface area contributed by atoms with Crippen molar-refractivity contribution in [2.75, 3.05) is 29.3 Å². The van der Waals surface area contributed by atoms with Gasteiger partial charge in [0, 0.05) is 11.8 Å². The van der Waals surface area contributed by atoms with Crippen molar-refractivity contribution in [3.8, 4) is 11.5 Å². The molecule has 0 radical (unpaired) electrons. The largest absolute Gasteiger partial charge is 0.497 e. The molecule has 0 aromatic heterocycles. The molecule has 0 saturated carbocycles. The first-order valence-electron chi connectivity index (χ1n) is 12.2. The van der Waals surface area contributed by atoms with Crippen molar-refractivity contribution in [3.63, 3.8) is 0 Å². The second kappa shape index (κ2) is 9.22. The van der Waals surface area contributed by atoms with E-state index in [-0.39, 0.29) is 10.9 Å². The first-order valence-corrected chi connectivity index (χ1v) is 12.5. The number of anilines is 3. The summed E-state index contributed by atoms with van der Waals surface area (Å²) in [5, 5.41) is 3.23. The molecule has 1 N–H and O–H groups in total. The van der Waals surface area contributed by atoms with Crippen LogP contribution in [0.4, 0.5) is 17.1 Å². The minimum absolute atomic E-state index is 0.290. The molecule has 9 heteroatoms. The Morgan fingerprint density at radius 3 is 2.34 bits per heavy atom. The predicted octanol–water partition coefficient (Wildman–Crippen LogP) is 4.39. The van der Waals surface area contributed by atoms with E-state index >= 15 is 0 Å². The van der Waals surface area contributed by atoms with Gasteiger partial charge in [0.15, 0.2) is 0 Å². The van der Waals surface area contributed by atoms with Gasteiger partial charge in [0.1, 0.15) is 17.5 Å². The van der Waals surface area contributed by atoms with E-state index in [0.29, 0.717) is 22.9 Å². The maximum atomic E-state index is 14.1. The lowest BCUT2D eigenvalue weighted by Gasteiger charge is -2.36. The number of hydrogen-bond acceptors (Lipinski definition) is 6. The number of amides is 3. The Balaban J connectivity index is 1.45. The number of halogens is 1. The molecular formula is C29H24ClN3O5. The van der Waals surface area contributed by atoms with Gasteiger partial charge < -0.3 is 19.7 Å². The molecular weight excluding hydrogens is 506 g/mol. The number of methoxy groups -OCH3 is 2. The summed E-state index contributed by atoms with van der Waals surface area (Å²) in [5.74, 6) is -1.96. The Morgan fingerprint density at radius 2 is 1.61 bits per heavy atom. The molecule has 0 unspecified atom stereocenters. The zero-order valence-corrected chi connectivity index (χ0v) is 21.4. The van der Waals surface area contributed by atoms with E-state index in [2.05, 4.69) is 5.32 Å². The number of hydrogen-bond donors (Lipinski definition) is 1. The second-order valence-electron chi connectivity index (χ2n) is 9.33. The topological polar surface area (TPSA) is 88.2 Å². The molecule has 3 aromatic rings. The molecule has 38 heavy (non-hydrogen) atoms. The quantitative estimate of drug-likeness (QED) is 0.493. The van der Waals surface area contributed by atoms with Gasteiger partial charge in [-0.15, -0.1) is 0 Å². The lowest BCUT2D eigenvalue weighted by Crippen LogP contribution is -2.50. The number of nitrogens with one attached hydrogen (secondary N) is 1. The van der Waals surface area contributed by atoms with E-state index in [9.17, 15) is 14.4 Å². The van der Waals surface area contributed by atoms with Gasteiger partial charge in [-0.1, -0.05) is 54.1 Å². The van der Waals surface area contributed by atoms with Crippen LogP contribution >= 0.6 is 11.6 Å². The van der Waals surface area contributed by atoms with Crippen molar-refractivity contribution in [2.45, 2.75) is 12.1 Å². The third-order valence-electron chi connectivity index (χ3n) is 7.44. The molecule has 3 aliphatic heterocycles. The van der Waals surface area contributed by atoms with Crippen molar-refractivity contribution in [3.05, 3.63) is 83.4 Å². The average Bonchev–Trinajstić information content (AvgIpc) is 3.41. The Labute approximate surface area is 224 Å².